The topological polar surface area (TPSA) is 160 Å². The van der Waals surface area contributed by atoms with Gasteiger partial charge in [-0.25, -0.2) is 0 Å². The Morgan fingerprint density at radius 2 is 1.35 bits per heavy atom. The number of nitrogens with zero attached hydrogens (tertiary/aromatic N) is 3. The minimum atomic E-state index is -0.778. The van der Waals surface area contributed by atoms with E-state index in [9.17, 15) is 19.2 Å². The molecule has 2 unspecified atom stereocenters. The smallest absolute Gasteiger partial charge is 0.246 e. The number of nitrogens with one attached hydrogen (secondary N) is 3. The summed E-state index contributed by atoms with van der Waals surface area (Å²) in [4.78, 5) is 56.4. The average molecular weight is 839 g/mol. The van der Waals surface area contributed by atoms with E-state index in [0.717, 1.165) is 64.1 Å². The molecule has 0 radical (unpaired) electrons. The number of amides is 4. The van der Waals surface area contributed by atoms with Gasteiger partial charge in [0.2, 0.25) is 25.1 Å². The Hall–Kier alpha value is -7.35. The van der Waals surface area contributed by atoms with Gasteiger partial charge in [-0.2, -0.15) is 0 Å². The van der Waals surface area contributed by atoms with Crippen LogP contribution in [-0.2, 0) is 45.2 Å². The number of para-hydroxylation sites is 2. The van der Waals surface area contributed by atoms with Gasteiger partial charge in [-0.3, -0.25) is 24.2 Å². The molecule has 0 saturated heterocycles. The standard InChI is InChI=1S/C48H50N6O8/c1-30-14-44(59-4)46(21-40(30)49-23-38-19-35-10-6-8-12-42(35)53(38)28-56)61-25-33-16-34(18-37(17-33)52-48(58)32(3)51-27-55)26-62-47-22-41(31(2)15-45(47)60-5)50-24-39-20-36-11-7-9-13-43(36)54(39)29-57/h6-18,21-23,27-29,32,38-39,50H,19-20,24-26H2,1-5H3,(H,51,55)(H,52,58)/b49-23-/t32?,38-,39?/m0/s1. The number of rotatable bonds is 19. The van der Waals surface area contributed by atoms with E-state index < -0.39 is 11.9 Å². The molecule has 0 aromatic heterocycles. The van der Waals surface area contributed by atoms with E-state index >= 15 is 0 Å². The molecule has 5 aromatic rings. The summed E-state index contributed by atoms with van der Waals surface area (Å²) in [7, 11) is 3.15. The van der Waals surface area contributed by atoms with Crippen LogP contribution in [0.2, 0.25) is 0 Å². The maximum Gasteiger partial charge on any atom is 0.246 e. The van der Waals surface area contributed by atoms with Crippen LogP contribution in [0.1, 0.15) is 40.3 Å². The van der Waals surface area contributed by atoms with Gasteiger partial charge < -0.3 is 44.7 Å². The Labute approximate surface area is 360 Å². The van der Waals surface area contributed by atoms with Crippen molar-refractivity contribution in [2.75, 3.05) is 41.2 Å². The van der Waals surface area contributed by atoms with Gasteiger partial charge in [0.1, 0.15) is 19.3 Å². The van der Waals surface area contributed by atoms with Crippen molar-refractivity contribution in [1.82, 2.24) is 5.32 Å². The number of methoxy groups -OCH3 is 2. The van der Waals surface area contributed by atoms with Crippen molar-refractivity contribution in [2.24, 2.45) is 4.99 Å². The number of hydrogen-bond donors (Lipinski definition) is 3. The fraction of sp³-hybridized carbons (Fsp3) is 0.271. The predicted molar refractivity (Wildman–Crippen MR) is 239 cm³/mol. The van der Waals surface area contributed by atoms with E-state index in [1.165, 1.54) is 0 Å². The zero-order chi connectivity index (χ0) is 43.8. The SMILES string of the molecule is COc1cc(C)c(/N=C\[C@@H]2Cc3ccccc3N2C=O)cc1OCc1cc(COc2cc(NCC3Cc4ccccc4N3C=O)c(C)cc2OC)cc(NC(=O)C(C)NC=O)c1. The Morgan fingerprint density at radius 1 is 0.758 bits per heavy atom. The van der Waals surface area contributed by atoms with Crippen molar-refractivity contribution in [3.05, 3.63) is 124 Å². The van der Waals surface area contributed by atoms with E-state index in [0.29, 0.717) is 59.3 Å². The summed E-state index contributed by atoms with van der Waals surface area (Å²) in [6.07, 6.45) is 5.38. The molecule has 0 aliphatic carbocycles. The lowest BCUT2D eigenvalue weighted by molar-refractivity contribution is -0.120. The lowest BCUT2D eigenvalue weighted by atomic mass is 10.1. The molecule has 0 fully saturated rings. The van der Waals surface area contributed by atoms with Crippen LogP contribution in [-0.4, -0.2) is 70.2 Å². The second-order valence-corrected chi connectivity index (χ2v) is 15.3. The first-order valence-corrected chi connectivity index (χ1v) is 20.3. The Bertz CT molecular complexity index is 2490. The van der Waals surface area contributed by atoms with E-state index in [4.69, 9.17) is 23.9 Å². The lowest BCUT2D eigenvalue weighted by Gasteiger charge is -2.23. The average Bonchev–Trinajstić information content (AvgIpc) is 3.84. The van der Waals surface area contributed by atoms with Crippen LogP contribution < -0.4 is 44.7 Å². The highest BCUT2D eigenvalue weighted by Gasteiger charge is 2.29. The quantitative estimate of drug-likeness (QED) is 0.0598. The monoisotopic (exact) mass is 838 g/mol. The molecule has 14 heteroatoms. The third kappa shape index (κ3) is 9.49. The predicted octanol–water partition coefficient (Wildman–Crippen LogP) is 6.84. The number of anilines is 4. The largest absolute Gasteiger partial charge is 0.493 e. The molecule has 3 atom stereocenters. The molecule has 2 aliphatic heterocycles. The summed E-state index contributed by atoms with van der Waals surface area (Å²) in [6.45, 7) is 6.20. The van der Waals surface area contributed by atoms with Gasteiger partial charge in [0.05, 0.1) is 32.0 Å². The van der Waals surface area contributed by atoms with Crippen LogP contribution in [0.15, 0.2) is 96.0 Å². The molecule has 4 amide bonds. The highest BCUT2D eigenvalue weighted by atomic mass is 16.5. The highest BCUT2D eigenvalue weighted by Crippen LogP contribution is 2.38. The number of aliphatic imine (C=N–C) groups is 1. The fourth-order valence-corrected chi connectivity index (χ4v) is 7.83. The number of carbonyl (C=O) groups is 4. The number of ether oxygens (including phenoxy) is 4. The summed E-state index contributed by atoms with van der Waals surface area (Å²) in [5.41, 5.74) is 9.21. The third-order valence-electron chi connectivity index (χ3n) is 11.1. The Morgan fingerprint density at radius 3 is 1.98 bits per heavy atom. The summed E-state index contributed by atoms with van der Waals surface area (Å²) in [5.74, 6) is 1.59. The fourth-order valence-electron chi connectivity index (χ4n) is 7.83. The molecular formula is C48H50N6O8. The van der Waals surface area contributed by atoms with Gasteiger partial charge in [-0.1, -0.05) is 36.4 Å². The number of benzene rings is 5. The number of hydrogen-bond acceptors (Lipinski definition) is 10. The van der Waals surface area contributed by atoms with E-state index in [-0.39, 0.29) is 25.3 Å². The third-order valence-corrected chi connectivity index (χ3v) is 11.1. The van der Waals surface area contributed by atoms with Gasteiger partial charge in [0.15, 0.2) is 23.0 Å². The molecule has 0 bridgehead atoms. The molecular weight excluding hydrogens is 789 g/mol. The normalized spacial score (nSPS) is 15.6. The molecule has 0 saturated carbocycles. The highest BCUT2D eigenvalue weighted by molar-refractivity contribution is 5.95. The molecule has 62 heavy (non-hydrogen) atoms. The molecule has 2 aliphatic rings. The molecule has 3 N–H and O–H groups in total. The van der Waals surface area contributed by atoms with Gasteiger partial charge in [-0.05, 0) is 103 Å². The van der Waals surface area contributed by atoms with Gasteiger partial charge in [-0.15, -0.1) is 0 Å². The van der Waals surface area contributed by atoms with Crippen molar-refractivity contribution in [3.63, 3.8) is 0 Å². The molecule has 0 spiro atoms. The number of fused-ring (bicyclic) bond motifs is 2. The zero-order valence-electron chi connectivity index (χ0n) is 35.3. The van der Waals surface area contributed by atoms with E-state index in [2.05, 4.69) is 16.0 Å². The van der Waals surface area contributed by atoms with Crippen molar-refractivity contribution < 1.29 is 38.1 Å². The van der Waals surface area contributed by atoms with Crippen LogP contribution in [0.5, 0.6) is 23.0 Å². The first kappa shape index (κ1) is 42.8. The molecule has 5 aromatic carbocycles. The van der Waals surface area contributed by atoms with E-state index in [1.54, 1.807) is 55.4 Å². The van der Waals surface area contributed by atoms with Crippen molar-refractivity contribution in [3.8, 4) is 23.0 Å². The van der Waals surface area contributed by atoms with Gasteiger partial charge >= 0.3 is 0 Å². The van der Waals surface area contributed by atoms with Gasteiger partial charge in [0.25, 0.3) is 0 Å². The van der Waals surface area contributed by atoms with E-state index in [1.807, 2.05) is 86.6 Å². The zero-order valence-corrected chi connectivity index (χ0v) is 35.3. The van der Waals surface area contributed by atoms with Crippen LogP contribution >= 0.6 is 0 Å². The summed E-state index contributed by atoms with van der Waals surface area (Å²) < 4.78 is 24.2. The second-order valence-electron chi connectivity index (χ2n) is 15.3. The Balaban J connectivity index is 1.09. The van der Waals surface area contributed by atoms with Crippen LogP contribution in [0.4, 0.5) is 28.4 Å². The van der Waals surface area contributed by atoms with Crippen LogP contribution in [0.3, 0.4) is 0 Å². The summed E-state index contributed by atoms with van der Waals surface area (Å²) in [5, 5.41) is 8.89. The number of carbonyl (C=O) groups excluding carboxylic acids is 4. The first-order valence-electron chi connectivity index (χ1n) is 20.3. The minimum Gasteiger partial charge on any atom is -0.493 e. The molecule has 320 valence electrons. The van der Waals surface area contributed by atoms with Crippen molar-refractivity contribution in [1.29, 1.82) is 0 Å². The summed E-state index contributed by atoms with van der Waals surface area (Å²) >= 11 is 0. The van der Waals surface area contributed by atoms with Crippen molar-refractivity contribution >= 4 is 59.8 Å². The molecule has 14 nitrogen and oxygen atoms in total. The minimum absolute atomic E-state index is 0.0530. The Kier molecular flexibility index (Phi) is 13.4. The summed E-state index contributed by atoms with van der Waals surface area (Å²) in [6, 6.07) is 27.6. The second kappa shape index (κ2) is 19.4. The lowest BCUT2D eigenvalue weighted by Crippen LogP contribution is -2.37. The van der Waals surface area contributed by atoms with Crippen molar-refractivity contribution in [2.45, 2.75) is 65.0 Å². The molecule has 7 rings (SSSR count). The van der Waals surface area contributed by atoms with Gasteiger partial charge in [0, 0.05) is 54.1 Å². The van der Waals surface area contributed by atoms with Crippen LogP contribution in [0, 0.1) is 13.8 Å². The first-order chi connectivity index (χ1) is 30.1. The van der Waals surface area contributed by atoms with Crippen LogP contribution in [0.25, 0.3) is 0 Å². The maximum atomic E-state index is 13.0. The maximum absolute atomic E-state index is 13.0. The molecule has 2 heterocycles. The number of aryl methyl sites for hydroxylation is 2.